The van der Waals surface area contributed by atoms with Gasteiger partial charge >= 0.3 is 11.9 Å². The maximum atomic E-state index is 12.3. The minimum absolute atomic E-state index is 0.147. The van der Waals surface area contributed by atoms with Crippen molar-refractivity contribution >= 4 is 34.4 Å². The summed E-state index contributed by atoms with van der Waals surface area (Å²) in [6, 6.07) is 7.00. The normalized spacial score (nSPS) is 11.7. The van der Waals surface area contributed by atoms with Gasteiger partial charge in [0.05, 0.1) is 28.7 Å². The van der Waals surface area contributed by atoms with E-state index in [1.807, 2.05) is 0 Å². The second-order valence-electron chi connectivity index (χ2n) is 7.07. The van der Waals surface area contributed by atoms with E-state index in [-0.39, 0.29) is 24.0 Å². The molecule has 1 aromatic carbocycles. The fourth-order valence-corrected chi connectivity index (χ4v) is 2.99. The highest BCUT2D eigenvalue weighted by molar-refractivity contribution is 5.96. The monoisotopic (exact) mass is 439 g/mol. The number of rotatable bonds is 9. The highest BCUT2D eigenvalue weighted by atomic mass is 16.4. The Bertz CT molecular complexity index is 1220. The summed E-state index contributed by atoms with van der Waals surface area (Å²) < 4.78 is 0. The lowest BCUT2D eigenvalue weighted by Gasteiger charge is -2.13. The molecule has 3 rings (SSSR count). The number of aliphatic carboxylic acids is 2. The van der Waals surface area contributed by atoms with Gasteiger partial charge in [0.25, 0.3) is 11.5 Å². The molecular weight excluding hydrogens is 418 g/mol. The number of hydrogen-bond donors (Lipinski definition) is 5. The number of aryl methyl sites for hydroxylation is 1. The van der Waals surface area contributed by atoms with Gasteiger partial charge in [-0.15, -0.1) is 0 Å². The van der Waals surface area contributed by atoms with E-state index in [0.29, 0.717) is 34.7 Å². The first-order chi connectivity index (χ1) is 15.2. The Balaban J connectivity index is 1.62. The van der Waals surface area contributed by atoms with Gasteiger partial charge < -0.3 is 25.8 Å². The average molecular weight is 439 g/mol. The number of carboxylic acid groups (broad SMARTS) is 2. The Morgan fingerprint density at radius 3 is 2.59 bits per heavy atom. The summed E-state index contributed by atoms with van der Waals surface area (Å²) in [7, 11) is 0. The van der Waals surface area contributed by atoms with Crippen molar-refractivity contribution < 1.29 is 24.6 Å². The van der Waals surface area contributed by atoms with Crippen LogP contribution in [0.15, 0.2) is 41.3 Å². The molecule has 1 atom stereocenters. The summed E-state index contributed by atoms with van der Waals surface area (Å²) in [6.45, 7) is 2.03. The maximum absolute atomic E-state index is 12.3. The zero-order chi connectivity index (χ0) is 23.3. The lowest BCUT2D eigenvalue weighted by molar-refractivity contribution is -0.140. The zero-order valence-electron chi connectivity index (χ0n) is 17.1. The van der Waals surface area contributed by atoms with Crippen LogP contribution < -0.4 is 16.2 Å². The molecule has 0 bridgehead atoms. The fourth-order valence-electron chi connectivity index (χ4n) is 2.99. The lowest BCUT2D eigenvalue weighted by Crippen LogP contribution is -2.41. The molecule has 0 unspecified atom stereocenters. The molecule has 0 fully saturated rings. The Hall–Kier alpha value is -4.28. The fraction of sp³-hybridized carbons (Fsp3) is 0.238. The van der Waals surface area contributed by atoms with Gasteiger partial charge in [0.1, 0.15) is 11.9 Å². The topological polar surface area (TPSA) is 174 Å². The van der Waals surface area contributed by atoms with E-state index in [1.54, 1.807) is 31.2 Å². The van der Waals surface area contributed by atoms with Crippen LogP contribution in [-0.2, 0) is 16.1 Å². The second-order valence-corrected chi connectivity index (χ2v) is 7.07. The van der Waals surface area contributed by atoms with Crippen LogP contribution in [0.3, 0.4) is 0 Å². The molecular formula is C21H21N5O6. The maximum Gasteiger partial charge on any atom is 0.326 e. The molecule has 11 nitrogen and oxygen atoms in total. The van der Waals surface area contributed by atoms with Crippen molar-refractivity contribution in [3.05, 3.63) is 64.0 Å². The molecule has 0 radical (unpaired) electrons. The largest absolute Gasteiger partial charge is 0.481 e. The molecule has 32 heavy (non-hydrogen) atoms. The number of carbonyl (C=O) groups excluding carboxylic acids is 1. The van der Waals surface area contributed by atoms with E-state index >= 15 is 0 Å². The number of aromatic nitrogens is 3. The summed E-state index contributed by atoms with van der Waals surface area (Å²) in [6.07, 6.45) is 0.701. The number of pyridine rings is 1. The first-order valence-corrected chi connectivity index (χ1v) is 9.68. The Kier molecular flexibility index (Phi) is 6.78. The highest BCUT2D eigenvalue weighted by Gasteiger charge is 2.21. The van der Waals surface area contributed by atoms with Gasteiger partial charge in [-0.05, 0) is 43.7 Å². The summed E-state index contributed by atoms with van der Waals surface area (Å²) in [4.78, 5) is 57.3. The average Bonchev–Trinajstić information content (AvgIpc) is 2.75. The van der Waals surface area contributed by atoms with Crippen LogP contribution in [0, 0.1) is 6.92 Å². The van der Waals surface area contributed by atoms with Crippen LogP contribution in [0.4, 0.5) is 5.69 Å². The van der Waals surface area contributed by atoms with Gasteiger partial charge in [-0.1, -0.05) is 0 Å². The Labute approximate surface area is 181 Å². The minimum atomic E-state index is -1.31. The lowest BCUT2D eigenvalue weighted by atomic mass is 10.1. The van der Waals surface area contributed by atoms with Crippen molar-refractivity contribution in [2.75, 3.05) is 5.32 Å². The highest BCUT2D eigenvalue weighted by Crippen LogP contribution is 2.15. The number of anilines is 1. The van der Waals surface area contributed by atoms with Crippen LogP contribution in [0.2, 0.25) is 0 Å². The molecule has 0 aliphatic carbocycles. The Morgan fingerprint density at radius 2 is 1.94 bits per heavy atom. The van der Waals surface area contributed by atoms with Crippen LogP contribution in [0.25, 0.3) is 10.9 Å². The van der Waals surface area contributed by atoms with Gasteiger partial charge in [-0.3, -0.25) is 19.4 Å². The molecule has 0 saturated carbocycles. The molecule has 166 valence electrons. The van der Waals surface area contributed by atoms with Crippen molar-refractivity contribution in [2.24, 2.45) is 0 Å². The number of amides is 1. The van der Waals surface area contributed by atoms with E-state index in [1.165, 1.54) is 12.3 Å². The smallest absolute Gasteiger partial charge is 0.326 e. The molecule has 2 aromatic heterocycles. The van der Waals surface area contributed by atoms with Crippen molar-refractivity contribution in [3.63, 3.8) is 0 Å². The number of aromatic amines is 1. The number of H-pyrrole nitrogens is 1. The second kappa shape index (κ2) is 9.69. The van der Waals surface area contributed by atoms with E-state index in [2.05, 4.69) is 25.6 Å². The molecule has 1 amide bonds. The predicted molar refractivity (Wildman–Crippen MR) is 114 cm³/mol. The molecule has 2 heterocycles. The number of nitrogens with one attached hydrogen (secondary N) is 3. The summed E-state index contributed by atoms with van der Waals surface area (Å²) in [5, 5.41) is 23.7. The number of carbonyl (C=O) groups is 3. The zero-order valence-corrected chi connectivity index (χ0v) is 17.1. The molecule has 0 spiro atoms. The van der Waals surface area contributed by atoms with E-state index in [0.717, 1.165) is 0 Å². The number of carboxylic acids is 2. The Morgan fingerprint density at radius 1 is 1.16 bits per heavy atom. The summed E-state index contributed by atoms with van der Waals surface area (Å²) in [5.41, 5.74) is 1.81. The predicted octanol–water partition coefficient (Wildman–Crippen LogP) is 1.29. The third-order valence-corrected chi connectivity index (χ3v) is 4.63. The van der Waals surface area contributed by atoms with Crippen molar-refractivity contribution in [1.82, 2.24) is 20.3 Å². The third-order valence-electron chi connectivity index (χ3n) is 4.63. The standard InChI is InChI=1S/C21H21N5O6/c1-11-24-16-5-4-13(8-15(16)20(30)25-11)23-10-14-3-2-12(9-22-14)19(29)26-17(21(31)32)6-7-18(27)28/h2-5,8-9,17,23H,6-7,10H2,1H3,(H,26,29)(H,27,28)(H,31,32)(H,24,25,30)/t17-/m0/s1. The molecule has 0 aliphatic heterocycles. The van der Waals surface area contributed by atoms with Crippen molar-refractivity contribution in [1.29, 1.82) is 0 Å². The van der Waals surface area contributed by atoms with E-state index in [4.69, 9.17) is 10.2 Å². The van der Waals surface area contributed by atoms with Crippen molar-refractivity contribution in [2.45, 2.75) is 32.4 Å². The summed E-state index contributed by atoms with van der Waals surface area (Å²) >= 11 is 0. The SMILES string of the molecule is Cc1nc2ccc(NCc3ccc(C(=O)N[C@@H](CCC(=O)O)C(=O)O)cn3)cc2c(=O)[nH]1. The van der Waals surface area contributed by atoms with Gasteiger partial charge in [0.15, 0.2) is 0 Å². The number of fused-ring (bicyclic) bond motifs is 1. The quantitative estimate of drug-likeness (QED) is 0.329. The van der Waals surface area contributed by atoms with Crippen LogP contribution in [0.1, 0.15) is 34.7 Å². The van der Waals surface area contributed by atoms with Crippen LogP contribution >= 0.6 is 0 Å². The molecule has 3 aromatic rings. The van der Waals surface area contributed by atoms with Gasteiger partial charge in [-0.25, -0.2) is 9.78 Å². The van der Waals surface area contributed by atoms with E-state index < -0.39 is 23.9 Å². The van der Waals surface area contributed by atoms with Crippen LogP contribution in [-0.4, -0.2) is 49.1 Å². The third kappa shape index (κ3) is 5.65. The van der Waals surface area contributed by atoms with E-state index in [9.17, 15) is 19.2 Å². The number of nitrogens with zero attached hydrogens (tertiary/aromatic N) is 2. The molecule has 11 heteroatoms. The first kappa shape index (κ1) is 22.4. The van der Waals surface area contributed by atoms with Crippen molar-refractivity contribution in [3.8, 4) is 0 Å². The molecule has 0 aliphatic rings. The summed E-state index contributed by atoms with van der Waals surface area (Å²) in [5.74, 6) is -2.58. The van der Waals surface area contributed by atoms with Crippen LogP contribution in [0.5, 0.6) is 0 Å². The molecule has 5 N–H and O–H groups in total. The number of hydrogen-bond acceptors (Lipinski definition) is 7. The van der Waals surface area contributed by atoms with Gasteiger partial charge in [0, 0.05) is 18.3 Å². The van der Waals surface area contributed by atoms with Gasteiger partial charge in [-0.2, -0.15) is 0 Å². The van der Waals surface area contributed by atoms with Gasteiger partial charge in [0.2, 0.25) is 0 Å². The number of benzene rings is 1. The first-order valence-electron chi connectivity index (χ1n) is 9.68. The molecule has 0 saturated heterocycles. The minimum Gasteiger partial charge on any atom is -0.481 e.